The number of hydrogen-bond acceptors (Lipinski definition) is 3. The van der Waals surface area contributed by atoms with Gasteiger partial charge in [-0.05, 0) is 49.7 Å². The van der Waals surface area contributed by atoms with Gasteiger partial charge in [-0.3, -0.25) is 0 Å². The number of benzene rings is 2. The van der Waals surface area contributed by atoms with Crippen molar-refractivity contribution >= 4 is 22.3 Å². The van der Waals surface area contributed by atoms with Gasteiger partial charge in [0.1, 0.15) is 11.6 Å². The third-order valence-corrected chi connectivity index (χ3v) is 4.34. The molecule has 4 rings (SSSR count). The van der Waals surface area contributed by atoms with E-state index in [1.165, 1.54) is 12.1 Å². The van der Waals surface area contributed by atoms with Crippen LogP contribution in [0.1, 0.15) is 26.3 Å². The molecule has 0 aliphatic heterocycles. The second-order valence-electron chi connectivity index (χ2n) is 5.93. The molecule has 4 nitrogen and oxygen atoms in total. The molecule has 2 aromatic carbocycles. The Morgan fingerprint density at radius 2 is 1.62 bits per heavy atom. The van der Waals surface area contributed by atoms with Crippen LogP contribution >= 0.6 is 0 Å². The third-order valence-electron chi connectivity index (χ3n) is 4.34. The molecule has 2 aromatic heterocycles. The van der Waals surface area contributed by atoms with E-state index in [1.54, 1.807) is 12.1 Å². The van der Waals surface area contributed by atoms with Gasteiger partial charge in [-0.1, -0.05) is 19.1 Å². The number of aromatic nitrogens is 4. The highest BCUT2D eigenvalue weighted by Gasteiger charge is 2.19. The summed E-state index contributed by atoms with van der Waals surface area (Å²) in [4.78, 5) is 14.1. The molecule has 5 heteroatoms. The molecule has 0 saturated heterocycles. The van der Waals surface area contributed by atoms with Gasteiger partial charge in [0.15, 0.2) is 11.3 Å². The second kappa shape index (κ2) is 5.67. The summed E-state index contributed by atoms with van der Waals surface area (Å²) in [7, 11) is 0. The molecule has 0 bridgehead atoms. The fraction of sp³-hybridized carbons (Fsp3) is 0.211. The first-order valence-electron chi connectivity index (χ1n) is 8.08. The summed E-state index contributed by atoms with van der Waals surface area (Å²) in [5, 5.41) is 0. The van der Waals surface area contributed by atoms with Crippen molar-refractivity contribution in [2.45, 2.75) is 26.3 Å². The van der Waals surface area contributed by atoms with Crippen molar-refractivity contribution in [1.29, 1.82) is 0 Å². The summed E-state index contributed by atoms with van der Waals surface area (Å²) in [5.41, 5.74) is 3.92. The van der Waals surface area contributed by atoms with Crippen molar-refractivity contribution in [2.24, 2.45) is 0 Å². The van der Waals surface area contributed by atoms with Crippen LogP contribution in [0.5, 0.6) is 0 Å². The van der Waals surface area contributed by atoms with Crippen molar-refractivity contribution in [3.63, 3.8) is 0 Å². The first-order valence-corrected chi connectivity index (χ1v) is 8.08. The van der Waals surface area contributed by atoms with E-state index in [0.29, 0.717) is 5.65 Å². The van der Waals surface area contributed by atoms with Crippen LogP contribution < -0.4 is 0 Å². The lowest BCUT2D eigenvalue weighted by Crippen LogP contribution is -2.07. The molecule has 0 aliphatic carbocycles. The fourth-order valence-corrected chi connectivity index (χ4v) is 2.88. The number of imidazole rings is 1. The molecule has 120 valence electrons. The van der Waals surface area contributed by atoms with E-state index in [1.807, 2.05) is 24.3 Å². The Bertz CT molecular complexity index is 1020. The van der Waals surface area contributed by atoms with Gasteiger partial charge in [0, 0.05) is 11.6 Å². The van der Waals surface area contributed by atoms with Crippen LogP contribution in [0.2, 0.25) is 0 Å². The minimum absolute atomic E-state index is 0.213. The summed E-state index contributed by atoms with van der Waals surface area (Å²) in [6.07, 6.45) is 0.939. The topological polar surface area (TPSA) is 43.6 Å². The van der Waals surface area contributed by atoms with Crippen molar-refractivity contribution in [3.8, 4) is 11.4 Å². The Labute approximate surface area is 139 Å². The van der Waals surface area contributed by atoms with E-state index in [0.717, 1.165) is 34.5 Å². The van der Waals surface area contributed by atoms with Gasteiger partial charge in [-0.25, -0.2) is 19.3 Å². The molecular weight excluding hydrogens is 303 g/mol. The first-order chi connectivity index (χ1) is 11.7. The highest BCUT2D eigenvalue weighted by molar-refractivity contribution is 5.84. The van der Waals surface area contributed by atoms with Gasteiger partial charge >= 0.3 is 0 Å². The molecule has 0 N–H and O–H groups in total. The highest BCUT2D eigenvalue weighted by Crippen LogP contribution is 2.29. The lowest BCUT2D eigenvalue weighted by molar-refractivity contribution is 0.547. The quantitative estimate of drug-likeness (QED) is 0.547. The summed E-state index contributed by atoms with van der Waals surface area (Å²) < 4.78 is 15.4. The van der Waals surface area contributed by atoms with Crippen LogP contribution in [-0.4, -0.2) is 19.5 Å². The van der Waals surface area contributed by atoms with Gasteiger partial charge in [0.05, 0.1) is 11.0 Å². The maximum absolute atomic E-state index is 13.3. The Morgan fingerprint density at radius 3 is 2.29 bits per heavy atom. The summed E-state index contributed by atoms with van der Waals surface area (Å²) >= 11 is 0. The van der Waals surface area contributed by atoms with Crippen molar-refractivity contribution in [1.82, 2.24) is 19.5 Å². The molecule has 24 heavy (non-hydrogen) atoms. The smallest absolute Gasteiger partial charge is 0.198 e. The zero-order valence-corrected chi connectivity index (χ0v) is 13.6. The molecular formula is C19H17FN4. The van der Waals surface area contributed by atoms with Gasteiger partial charge in [-0.2, -0.15) is 0 Å². The minimum atomic E-state index is -0.257. The lowest BCUT2D eigenvalue weighted by atomic mass is 10.2. The van der Waals surface area contributed by atoms with Crippen LogP contribution in [-0.2, 0) is 0 Å². The second-order valence-corrected chi connectivity index (χ2v) is 5.93. The van der Waals surface area contributed by atoms with Gasteiger partial charge in [0.25, 0.3) is 0 Å². The third kappa shape index (κ3) is 2.33. The van der Waals surface area contributed by atoms with Crippen LogP contribution in [0, 0.1) is 5.82 Å². The van der Waals surface area contributed by atoms with Crippen molar-refractivity contribution < 1.29 is 4.39 Å². The summed E-state index contributed by atoms with van der Waals surface area (Å²) in [5.74, 6) is 0.515. The fourth-order valence-electron chi connectivity index (χ4n) is 2.88. The Kier molecular flexibility index (Phi) is 3.49. The van der Waals surface area contributed by atoms with Crippen LogP contribution in [0.4, 0.5) is 4.39 Å². The van der Waals surface area contributed by atoms with Crippen LogP contribution in [0.25, 0.3) is 33.7 Å². The maximum Gasteiger partial charge on any atom is 0.198 e. The average Bonchev–Trinajstić information content (AvgIpc) is 2.98. The summed E-state index contributed by atoms with van der Waals surface area (Å²) in [6, 6.07) is 14.4. The molecule has 0 spiro atoms. The molecule has 0 radical (unpaired) electrons. The van der Waals surface area contributed by atoms with E-state index in [-0.39, 0.29) is 11.9 Å². The molecule has 0 fully saturated rings. The molecule has 4 aromatic rings. The molecule has 0 aliphatic rings. The molecule has 1 atom stereocenters. The van der Waals surface area contributed by atoms with Gasteiger partial charge in [0.2, 0.25) is 0 Å². The lowest BCUT2D eigenvalue weighted by Gasteiger charge is -2.15. The zero-order valence-electron chi connectivity index (χ0n) is 13.6. The molecule has 0 amide bonds. The highest BCUT2D eigenvalue weighted by atomic mass is 19.1. The number of nitrogens with zero attached hydrogens (tertiary/aromatic N) is 4. The Hall–Kier alpha value is -2.82. The molecule has 2 heterocycles. The van der Waals surface area contributed by atoms with E-state index in [2.05, 4.69) is 23.4 Å². The van der Waals surface area contributed by atoms with Gasteiger partial charge < -0.3 is 4.57 Å². The first kappa shape index (κ1) is 14.8. The van der Waals surface area contributed by atoms with Crippen molar-refractivity contribution in [2.75, 3.05) is 0 Å². The standard InChI is InChI=1S/C19H17FN4/c1-3-12(2)24-18(13-8-10-14(20)11-9-13)23-17-19(24)22-16-7-5-4-6-15(16)21-17/h4-12H,3H2,1-2H3/t12-/m0/s1. The number of hydrogen-bond donors (Lipinski definition) is 0. The minimum Gasteiger partial charge on any atom is -0.304 e. The molecule has 0 saturated carbocycles. The maximum atomic E-state index is 13.3. The van der Waals surface area contributed by atoms with E-state index >= 15 is 0 Å². The number of rotatable bonds is 3. The largest absolute Gasteiger partial charge is 0.304 e. The Balaban J connectivity index is 2.04. The number of para-hydroxylation sites is 2. The normalized spacial score (nSPS) is 12.8. The van der Waals surface area contributed by atoms with E-state index < -0.39 is 0 Å². The van der Waals surface area contributed by atoms with Crippen molar-refractivity contribution in [3.05, 3.63) is 54.3 Å². The van der Waals surface area contributed by atoms with Crippen LogP contribution in [0.3, 0.4) is 0 Å². The predicted octanol–water partition coefficient (Wildman–Crippen LogP) is 4.76. The monoisotopic (exact) mass is 320 g/mol. The number of halogens is 1. The van der Waals surface area contributed by atoms with Gasteiger partial charge in [-0.15, -0.1) is 0 Å². The summed E-state index contributed by atoms with van der Waals surface area (Å²) in [6.45, 7) is 4.25. The Morgan fingerprint density at radius 1 is 0.958 bits per heavy atom. The van der Waals surface area contributed by atoms with E-state index in [9.17, 15) is 4.39 Å². The van der Waals surface area contributed by atoms with E-state index in [4.69, 9.17) is 9.97 Å². The average molecular weight is 320 g/mol. The molecule has 0 unspecified atom stereocenters. The predicted molar refractivity (Wildman–Crippen MR) is 93.2 cm³/mol. The van der Waals surface area contributed by atoms with Crippen LogP contribution in [0.15, 0.2) is 48.5 Å². The SMILES string of the molecule is CC[C@H](C)n1c(-c2ccc(F)cc2)nc2nc3ccccc3nc21. The number of fused-ring (bicyclic) bond motifs is 2. The zero-order chi connectivity index (χ0) is 16.7.